The van der Waals surface area contributed by atoms with Gasteiger partial charge in [0.05, 0.1) is 5.92 Å². The third-order valence-corrected chi connectivity index (χ3v) is 2.62. The van der Waals surface area contributed by atoms with E-state index in [0.717, 1.165) is 0 Å². The van der Waals surface area contributed by atoms with Gasteiger partial charge in [-0.2, -0.15) is 0 Å². The molecule has 0 spiro atoms. The molecule has 2 atom stereocenters. The van der Waals surface area contributed by atoms with Crippen LogP contribution in [0, 0.1) is 11.8 Å². The Morgan fingerprint density at radius 1 is 1.07 bits per heavy atom. The first-order chi connectivity index (χ1) is 6.71. The third kappa shape index (κ3) is 1.69. The highest BCUT2D eigenvalue weighted by atomic mass is 16.5. The Balaban J connectivity index is 3.11. The van der Waals surface area contributed by atoms with E-state index in [1.807, 2.05) is 0 Å². The molecule has 4 N–H and O–H groups in total. The largest absolute Gasteiger partial charge is 0.380 e. The minimum Gasteiger partial charge on any atom is -0.380 e. The van der Waals surface area contributed by atoms with Gasteiger partial charge >= 0.3 is 0 Å². The Kier molecular flexibility index (Phi) is 2.97. The summed E-state index contributed by atoms with van der Waals surface area (Å²) in [4.78, 5) is 22.9. The van der Waals surface area contributed by atoms with E-state index in [2.05, 4.69) is 0 Å². The van der Waals surface area contributed by atoms with Gasteiger partial charge < -0.3 is 20.4 Å². The number of aliphatic hydroxyl groups excluding tert-OH is 2. The third-order valence-electron chi connectivity index (χ3n) is 2.62. The summed E-state index contributed by atoms with van der Waals surface area (Å²) in [6.07, 6.45) is -4.31. The Labute approximate surface area is 86.2 Å². The Morgan fingerprint density at radius 3 is 1.67 bits per heavy atom. The molecule has 0 aromatic heterocycles. The predicted molar refractivity (Wildman–Crippen MR) is 47.5 cm³/mol. The Bertz CT molecular complexity index is 271. The van der Waals surface area contributed by atoms with Crippen molar-refractivity contribution in [2.24, 2.45) is 11.8 Å². The molecule has 1 aliphatic rings. The number of hydrogen-bond donors (Lipinski definition) is 4. The van der Waals surface area contributed by atoms with Crippen molar-refractivity contribution < 1.29 is 30.0 Å². The van der Waals surface area contributed by atoms with Gasteiger partial charge in [-0.25, -0.2) is 0 Å². The summed E-state index contributed by atoms with van der Waals surface area (Å²) >= 11 is 0. The minimum atomic E-state index is -3.08. The van der Waals surface area contributed by atoms with Gasteiger partial charge in [-0.15, -0.1) is 0 Å². The summed E-state index contributed by atoms with van der Waals surface area (Å²) in [6, 6.07) is 0. The zero-order valence-corrected chi connectivity index (χ0v) is 8.41. The highest BCUT2D eigenvalue weighted by Crippen LogP contribution is 2.30. The van der Waals surface area contributed by atoms with Gasteiger partial charge in [-0.3, -0.25) is 9.59 Å². The molecule has 0 aromatic carbocycles. The lowest BCUT2D eigenvalue weighted by Gasteiger charge is -2.38. The average Bonchev–Trinajstić information content (AvgIpc) is 2.12. The molecule has 6 nitrogen and oxygen atoms in total. The number of Topliss-reactive ketones (excluding diaryl/α,β-unsaturated/α-hetero) is 2. The molecule has 1 fully saturated rings. The maximum atomic E-state index is 11.4. The molecule has 0 saturated heterocycles. The van der Waals surface area contributed by atoms with Crippen LogP contribution >= 0.6 is 0 Å². The van der Waals surface area contributed by atoms with Crippen molar-refractivity contribution in [3.05, 3.63) is 0 Å². The quantitative estimate of drug-likeness (QED) is 0.293. The normalized spacial score (nSPS) is 36.1. The van der Waals surface area contributed by atoms with E-state index in [9.17, 15) is 19.8 Å². The SMILES string of the molecule is CC(C)C1C(=O)C(O)C(O)(O)C(O)C1=O. The molecule has 0 heterocycles. The second-order valence-corrected chi connectivity index (χ2v) is 4.11. The average molecular weight is 218 g/mol. The lowest BCUT2D eigenvalue weighted by molar-refractivity contribution is -0.271. The monoisotopic (exact) mass is 218 g/mol. The standard InChI is InChI=1S/C9H14O6/c1-3(2)4-5(10)7(12)9(14,15)8(13)6(4)11/h3-4,7-8,12-15H,1-2H3. The number of rotatable bonds is 1. The van der Waals surface area contributed by atoms with Gasteiger partial charge in [0.1, 0.15) is 0 Å². The molecule has 0 bridgehead atoms. The minimum absolute atomic E-state index is 0.412. The molecule has 2 unspecified atom stereocenters. The summed E-state index contributed by atoms with van der Waals surface area (Å²) < 4.78 is 0. The molecular formula is C9H14O6. The van der Waals surface area contributed by atoms with Crippen LogP contribution in [0.5, 0.6) is 0 Å². The van der Waals surface area contributed by atoms with E-state index >= 15 is 0 Å². The van der Waals surface area contributed by atoms with E-state index in [1.54, 1.807) is 13.8 Å². The number of hydrogen-bond acceptors (Lipinski definition) is 6. The number of aliphatic hydroxyl groups is 4. The van der Waals surface area contributed by atoms with Crippen LogP contribution in [0.2, 0.25) is 0 Å². The van der Waals surface area contributed by atoms with E-state index < -0.39 is 41.4 Å². The van der Waals surface area contributed by atoms with E-state index in [4.69, 9.17) is 10.2 Å². The van der Waals surface area contributed by atoms with Crippen molar-refractivity contribution in [3.63, 3.8) is 0 Å². The summed E-state index contributed by atoms with van der Waals surface area (Å²) in [5, 5.41) is 36.8. The highest BCUT2D eigenvalue weighted by molar-refractivity contribution is 6.09. The zero-order chi connectivity index (χ0) is 12.0. The molecule has 0 amide bonds. The molecule has 0 radical (unpaired) electrons. The van der Waals surface area contributed by atoms with Crippen molar-refractivity contribution in [1.82, 2.24) is 0 Å². The van der Waals surface area contributed by atoms with Crippen LogP contribution in [0.15, 0.2) is 0 Å². The van der Waals surface area contributed by atoms with Crippen LogP contribution in [-0.4, -0.2) is 50.0 Å². The molecule has 6 heteroatoms. The summed E-state index contributed by atoms with van der Waals surface area (Å²) in [5.74, 6) is -6.62. The first-order valence-corrected chi connectivity index (χ1v) is 4.59. The second kappa shape index (κ2) is 3.64. The topological polar surface area (TPSA) is 115 Å². The maximum absolute atomic E-state index is 11.4. The first kappa shape index (κ1) is 12.3. The molecule has 1 saturated carbocycles. The summed E-state index contributed by atoms with van der Waals surface area (Å²) in [5.41, 5.74) is 0. The fourth-order valence-electron chi connectivity index (χ4n) is 1.71. The smallest absolute Gasteiger partial charge is 0.231 e. The van der Waals surface area contributed by atoms with Gasteiger partial charge in [-0.1, -0.05) is 13.8 Å². The summed E-state index contributed by atoms with van der Waals surface area (Å²) in [6.45, 7) is 3.14. The molecule has 0 aromatic rings. The molecule has 15 heavy (non-hydrogen) atoms. The lowest BCUT2D eigenvalue weighted by Crippen LogP contribution is -2.66. The van der Waals surface area contributed by atoms with Crippen LogP contribution in [-0.2, 0) is 9.59 Å². The van der Waals surface area contributed by atoms with Crippen molar-refractivity contribution in [2.75, 3.05) is 0 Å². The predicted octanol–water partition coefficient (Wildman–Crippen LogP) is -2.19. The molecule has 86 valence electrons. The number of carbonyl (C=O) groups is 2. The van der Waals surface area contributed by atoms with Gasteiger partial charge in [0.2, 0.25) is 5.79 Å². The fourth-order valence-corrected chi connectivity index (χ4v) is 1.71. The molecule has 1 aliphatic carbocycles. The van der Waals surface area contributed by atoms with Crippen molar-refractivity contribution in [2.45, 2.75) is 31.8 Å². The van der Waals surface area contributed by atoms with E-state index in [0.29, 0.717) is 0 Å². The summed E-state index contributed by atoms with van der Waals surface area (Å²) in [7, 11) is 0. The van der Waals surface area contributed by atoms with Crippen molar-refractivity contribution in [3.8, 4) is 0 Å². The van der Waals surface area contributed by atoms with Gasteiger partial charge in [-0.05, 0) is 5.92 Å². The molecular weight excluding hydrogens is 204 g/mol. The Hall–Kier alpha value is -0.820. The van der Waals surface area contributed by atoms with Crippen LogP contribution in [0.25, 0.3) is 0 Å². The second-order valence-electron chi connectivity index (χ2n) is 4.11. The van der Waals surface area contributed by atoms with Crippen LogP contribution in [0.3, 0.4) is 0 Å². The fraction of sp³-hybridized carbons (Fsp3) is 0.778. The van der Waals surface area contributed by atoms with Crippen molar-refractivity contribution >= 4 is 11.6 Å². The number of carbonyl (C=O) groups excluding carboxylic acids is 2. The van der Waals surface area contributed by atoms with E-state index in [1.165, 1.54) is 0 Å². The van der Waals surface area contributed by atoms with Crippen LogP contribution in [0.1, 0.15) is 13.8 Å². The molecule has 1 rings (SSSR count). The van der Waals surface area contributed by atoms with Crippen LogP contribution < -0.4 is 0 Å². The van der Waals surface area contributed by atoms with Gasteiger partial charge in [0, 0.05) is 0 Å². The van der Waals surface area contributed by atoms with Gasteiger partial charge in [0.25, 0.3) is 0 Å². The van der Waals surface area contributed by atoms with E-state index in [-0.39, 0.29) is 0 Å². The van der Waals surface area contributed by atoms with Gasteiger partial charge in [0.15, 0.2) is 23.8 Å². The zero-order valence-electron chi connectivity index (χ0n) is 8.41. The molecule has 0 aliphatic heterocycles. The first-order valence-electron chi connectivity index (χ1n) is 4.59. The highest BCUT2D eigenvalue weighted by Gasteiger charge is 2.57. The Morgan fingerprint density at radius 2 is 1.40 bits per heavy atom. The maximum Gasteiger partial charge on any atom is 0.231 e. The van der Waals surface area contributed by atoms with Crippen molar-refractivity contribution in [1.29, 1.82) is 0 Å². The van der Waals surface area contributed by atoms with Crippen LogP contribution in [0.4, 0.5) is 0 Å². The number of ketones is 2. The lowest BCUT2D eigenvalue weighted by atomic mass is 9.74.